The number of guanidine groups is 1. The molecular weight excluding hydrogens is 449 g/mol. The molecule has 1 fully saturated rings. The average molecular weight is 479 g/mol. The fraction of sp³-hybridized carbons (Fsp3) is 0.611. The molecule has 0 radical (unpaired) electrons. The Morgan fingerprint density at radius 2 is 2.20 bits per heavy atom. The molecule has 0 bridgehead atoms. The lowest BCUT2D eigenvalue weighted by Gasteiger charge is -2.24. The van der Waals surface area contributed by atoms with Crippen molar-refractivity contribution < 1.29 is 9.47 Å². The zero-order valence-electron chi connectivity index (χ0n) is 15.3. The maximum absolute atomic E-state index is 5.71. The molecule has 7 heteroatoms. The van der Waals surface area contributed by atoms with Crippen molar-refractivity contribution in [3.63, 3.8) is 0 Å². The number of hydrogen-bond acceptors (Lipinski definition) is 4. The minimum absolute atomic E-state index is 0. The molecule has 5 nitrogen and oxygen atoms in total. The van der Waals surface area contributed by atoms with Crippen molar-refractivity contribution in [3.8, 4) is 5.75 Å². The van der Waals surface area contributed by atoms with E-state index in [4.69, 9.17) is 9.47 Å². The second-order valence-corrected chi connectivity index (χ2v) is 7.84. The first-order valence-corrected chi connectivity index (χ1v) is 9.43. The van der Waals surface area contributed by atoms with Gasteiger partial charge in [0.05, 0.1) is 20.3 Å². The van der Waals surface area contributed by atoms with E-state index in [1.54, 1.807) is 14.2 Å². The first-order chi connectivity index (χ1) is 11.6. The summed E-state index contributed by atoms with van der Waals surface area (Å²) in [7, 11) is 3.48. The van der Waals surface area contributed by atoms with Gasteiger partial charge in [0.2, 0.25) is 0 Å². The molecule has 0 saturated carbocycles. The Kier molecular flexibility index (Phi) is 10.6. The van der Waals surface area contributed by atoms with E-state index in [0.29, 0.717) is 18.0 Å². The number of halogens is 1. The molecule has 0 aliphatic carbocycles. The molecule has 1 heterocycles. The molecule has 25 heavy (non-hydrogen) atoms. The van der Waals surface area contributed by atoms with E-state index in [9.17, 15) is 0 Å². The predicted octanol–water partition coefficient (Wildman–Crippen LogP) is 3.28. The Balaban J connectivity index is 0.00000312. The molecule has 1 aliphatic rings. The number of aliphatic imine (C=N–C) groups is 1. The third-order valence-corrected chi connectivity index (χ3v) is 5.63. The van der Waals surface area contributed by atoms with E-state index in [1.165, 1.54) is 18.6 Å². The van der Waals surface area contributed by atoms with Crippen LogP contribution in [0, 0.1) is 0 Å². The van der Waals surface area contributed by atoms with Gasteiger partial charge in [0.15, 0.2) is 5.96 Å². The highest BCUT2D eigenvalue weighted by Crippen LogP contribution is 2.36. The van der Waals surface area contributed by atoms with Gasteiger partial charge in [0, 0.05) is 24.9 Å². The summed E-state index contributed by atoms with van der Waals surface area (Å²) in [5.41, 5.74) is 1.11. The summed E-state index contributed by atoms with van der Waals surface area (Å²) in [6, 6.07) is 7.94. The van der Waals surface area contributed by atoms with Gasteiger partial charge in [-0.1, -0.05) is 12.1 Å². The van der Waals surface area contributed by atoms with E-state index >= 15 is 0 Å². The van der Waals surface area contributed by atoms with Crippen LogP contribution >= 0.6 is 35.7 Å². The fourth-order valence-corrected chi connectivity index (χ4v) is 3.91. The summed E-state index contributed by atoms with van der Waals surface area (Å²) >= 11 is 2.05. The number of nitrogens with one attached hydrogen (secondary N) is 2. The van der Waals surface area contributed by atoms with Crippen LogP contribution in [0.4, 0.5) is 0 Å². The molecule has 0 amide bonds. The zero-order valence-corrected chi connectivity index (χ0v) is 18.5. The summed E-state index contributed by atoms with van der Waals surface area (Å²) in [5, 5.41) is 6.72. The standard InChI is InChI=1S/C18H29N3O2S.HI/c1-18(8-5-11-24-18)14-21-17(19-2)20-9-10-23-13-15-6-4-7-16(12-15)22-3;/h4,6-7,12H,5,8-11,13-14H2,1-3H3,(H2,19,20,21);1H. The third kappa shape index (κ3) is 8.04. The number of ether oxygens (including phenoxy) is 2. The fourth-order valence-electron chi connectivity index (χ4n) is 2.66. The van der Waals surface area contributed by atoms with Gasteiger partial charge in [0.1, 0.15) is 5.75 Å². The molecule has 1 aromatic carbocycles. The van der Waals surface area contributed by atoms with E-state index in [-0.39, 0.29) is 24.0 Å². The molecule has 2 N–H and O–H groups in total. The quantitative estimate of drug-likeness (QED) is 0.260. The van der Waals surface area contributed by atoms with E-state index < -0.39 is 0 Å². The van der Waals surface area contributed by atoms with Gasteiger partial charge >= 0.3 is 0 Å². The molecule has 1 aliphatic heterocycles. The maximum Gasteiger partial charge on any atom is 0.191 e. The van der Waals surface area contributed by atoms with Crippen molar-refractivity contribution in [2.75, 3.05) is 39.6 Å². The highest BCUT2D eigenvalue weighted by Gasteiger charge is 2.29. The predicted molar refractivity (Wildman–Crippen MR) is 118 cm³/mol. The van der Waals surface area contributed by atoms with Gasteiger partial charge in [-0.25, -0.2) is 0 Å². The van der Waals surface area contributed by atoms with E-state index in [0.717, 1.165) is 30.4 Å². The molecule has 0 aromatic heterocycles. The minimum Gasteiger partial charge on any atom is -0.497 e. The Bertz CT molecular complexity index is 537. The van der Waals surface area contributed by atoms with Crippen LogP contribution in [0.25, 0.3) is 0 Å². The molecule has 0 spiro atoms. The number of thioether (sulfide) groups is 1. The van der Waals surface area contributed by atoms with Gasteiger partial charge in [-0.2, -0.15) is 11.8 Å². The Morgan fingerprint density at radius 1 is 1.36 bits per heavy atom. The van der Waals surface area contributed by atoms with Crippen molar-refractivity contribution in [1.82, 2.24) is 10.6 Å². The van der Waals surface area contributed by atoms with Crippen LogP contribution in [0.3, 0.4) is 0 Å². The summed E-state index contributed by atoms with van der Waals surface area (Å²) in [6.45, 7) is 5.21. The normalized spacial score (nSPS) is 20.0. The Morgan fingerprint density at radius 3 is 2.88 bits per heavy atom. The molecule has 2 rings (SSSR count). The van der Waals surface area contributed by atoms with Crippen molar-refractivity contribution in [2.24, 2.45) is 4.99 Å². The third-order valence-electron chi connectivity index (χ3n) is 4.10. The van der Waals surface area contributed by atoms with Crippen molar-refractivity contribution in [2.45, 2.75) is 31.1 Å². The summed E-state index contributed by atoms with van der Waals surface area (Å²) in [6.07, 6.45) is 2.58. The van der Waals surface area contributed by atoms with Crippen molar-refractivity contribution in [3.05, 3.63) is 29.8 Å². The lowest BCUT2D eigenvalue weighted by molar-refractivity contribution is 0.125. The smallest absolute Gasteiger partial charge is 0.191 e. The van der Waals surface area contributed by atoms with Gasteiger partial charge < -0.3 is 20.1 Å². The lowest BCUT2D eigenvalue weighted by atomic mass is 10.1. The first-order valence-electron chi connectivity index (χ1n) is 8.44. The topological polar surface area (TPSA) is 54.9 Å². The van der Waals surface area contributed by atoms with E-state index in [2.05, 4.69) is 22.5 Å². The maximum atomic E-state index is 5.71. The summed E-state index contributed by atoms with van der Waals surface area (Å²) in [4.78, 5) is 4.27. The van der Waals surface area contributed by atoms with Crippen LogP contribution in [-0.2, 0) is 11.3 Å². The van der Waals surface area contributed by atoms with Crippen LogP contribution in [0.2, 0.25) is 0 Å². The van der Waals surface area contributed by atoms with Crippen molar-refractivity contribution >= 4 is 41.7 Å². The second kappa shape index (κ2) is 11.9. The number of hydrogen-bond donors (Lipinski definition) is 2. The van der Waals surface area contributed by atoms with Gasteiger partial charge in [-0.05, 0) is 43.2 Å². The average Bonchev–Trinajstić information content (AvgIpc) is 3.04. The van der Waals surface area contributed by atoms with Crippen LogP contribution < -0.4 is 15.4 Å². The summed E-state index contributed by atoms with van der Waals surface area (Å²) in [5.74, 6) is 2.97. The molecule has 1 unspecified atom stereocenters. The monoisotopic (exact) mass is 479 g/mol. The molecule has 1 saturated heterocycles. The molecule has 1 atom stereocenters. The SMILES string of the molecule is CN=C(NCCOCc1cccc(OC)c1)NCC1(C)CCCS1.I. The molecular formula is C18H30IN3O2S. The highest BCUT2D eigenvalue weighted by molar-refractivity contribution is 14.0. The number of nitrogens with zero attached hydrogens (tertiary/aromatic N) is 1. The zero-order chi connectivity index (χ0) is 17.3. The first kappa shape index (κ1) is 22.4. The van der Waals surface area contributed by atoms with Crippen LogP contribution in [-0.4, -0.2) is 50.3 Å². The molecule has 142 valence electrons. The largest absolute Gasteiger partial charge is 0.497 e. The lowest BCUT2D eigenvalue weighted by Crippen LogP contribution is -2.44. The van der Waals surface area contributed by atoms with Crippen LogP contribution in [0.15, 0.2) is 29.3 Å². The highest BCUT2D eigenvalue weighted by atomic mass is 127. The minimum atomic E-state index is 0. The van der Waals surface area contributed by atoms with Crippen LogP contribution in [0.5, 0.6) is 5.75 Å². The number of rotatable bonds is 8. The second-order valence-electron chi connectivity index (χ2n) is 6.16. The molecule has 1 aromatic rings. The summed E-state index contributed by atoms with van der Waals surface area (Å²) < 4.78 is 11.3. The number of methoxy groups -OCH3 is 1. The van der Waals surface area contributed by atoms with E-state index in [1.807, 2.05) is 36.0 Å². The van der Waals surface area contributed by atoms with Crippen molar-refractivity contribution in [1.29, 1.82) is 0 Å². The van der Waals surface area contributed by atoms with Gasteiger partial charge in [-0.3, -0.25) is 4.99 Å². The van der Waals surface area contributed by atoms with Gasteiger partial charge in [0.25, 0.3) is 0 Å². The van der Waals surface area contributed by atoms with Crippen LogP contribution in [0.1, 0.15) is 25.3 Å². The van der Waals surface area contributed by atoms with Gasteiger partial charge in [-0.15, -0.1) is 24.0 Å². The Labute approximate surface area is 172 Å². The Hall–Kier alpha value is -0.670. The number of benzene rings is 1.